The van der Waals surface area contributed by atoms with Crippen molar-refractivity contribution in [2.45, 2.75) is 6.92 Å². The second kappa shape index (κ2) is 6.40. The van der Waals surface area contributed by atoms with Crippen LogP contribution in [0.3, 0.4) is 0 Å². The van der Waals surface area contributed by atoms with E-state index in [9.17, 15) is 4.79 Å². The number of nitrogens with two attached hydrogens (primary N) is 1. The molecular weight excluding hydrogens is 330 g/mol. The van der Waals surface area contributed by atoms with Gasteiger partial charge >= 0.3 is 0 Å². The highest BCUT2D eigenvalue weighted by molar-refractivity contribution is 7.18. The number of nitrogens with zero attached hydrogens (tertiary/aromatic N) is 1. The lowest BCUT2D eigenvalue weighted by molar-refractivity contribution is 0.104. The van der Waals surface area contributed by atoms with Crippen molar-refractivity contribution < 1.29 is 4.79 Å². The number of carbonyl (C=O) groups is 1. The van der Waals surface area contributed by atoms with E-state index in [4.69, 9.17) is 17.3 Å². The van der Waals surface area contributed by atoms with Crippen molar-refractivity contribution in [1.82, 2.24) is 4.98 Å². The van der Waals surface area contributed by atoms with Crippen LogP contribution in [0.25, 0.3) is 0 Å². The summed E-state index contributed by atoms with van der Waals surface area (Å²) in [7, 11) is 0. The zero-order valence-electron chi connectivity index (χ0n) is 12.3. The molecule has 3 aromatic rings. The van der Waals surface area contributed by atoms with Gasteiger partial charge in [-0.1, -0.05) is 58.8 Å². The van der Waals surface area contributed by atoms with Gasteiger partial charge in [0.1, 0.15) is 10.7 Å². The van der Waals surface area contributed by atoms with E-state index < -0.39 is 0 Å². The second-order valence-electron chi connectivity index (χ2n) is 5.06. The summed E-state index contributed by atoms with van der Waals surface area (Å²) in [5.74, 6) is 0.101. The molecule has 0 spiro atoms. The molecule has 0 radical (unpaired) electrons. The first-order valence-corrected chi connectivity index (χ1v) is 8.12. The summed E-state index contributed by atoms with van der Waals surface area (Å²) in [4.78, 5) is 17.2. The number of ketones is 1. The van der Waals surface area contributed by atoms with Crippen LogP contribution in [-0.4, -0.2) is 10.8 Å². The number of aryl methyl sites for hydroxylation is 1. The third-order valence-corrected chi connectivity index (χ3v) is 4.47. The number of hydrogen-bond acceptors (Lipinski definition) is 5. The molecule has 1 aromatic heterocycles. The fourth-order valence-corrected chi connectivity index (χ4v) is 3.13. The van der Waals surface area contributed by atoms with Crippen LogP contribution < -0.4 is 11.1 Å². The zero-order chi connectivity index (χ0) is 16.4. The van der Waals surface area contributed by atoms with Crippen LogP contribution >= 0.6 is 22.9 Å². The first-order chi connectivity index (χ1) is 11.0. The summed E-state index contributed by atoms with van der Waals surface area (Å²) in [6, 6.07) is 14.6. The number of aromatic nitrogens is 1. The molecular formula is C17H14ClN3OS. The van der Waals surface area contributed by atoms with E-state index in [1.165, 1.54) is 11.3 Å². The molecule has 6 heteroatoms. The molecule has 3 rings (SSSR count). The highest BCUT2D eigenvalue weighted by atomic mass is 35.5. The average Bonchev–Trinajstić information content (AvgIpc) is 2.88. The van der Waals surface area contributed by atoms with Gasteiger partial charge in [-0.3, -0.25) is 4.79 Å². The molecule has 1 heterocycles. The number of nitrogen functional groups attached to an aromatic ring is 1. The van der Waals surface area contributed by atoms with Gasteiger partial charge in [0.25, 0.3) is 0 Å². The molecule has 0 unspecified atom stereocenters. The van der Waals surface area contributed by atoms with Gasteiger partial charge in [0.2, 0.25) is 5.78 Å². The Kier molecular flexibility index (Phi) is 4.32. The van der Waals surface area contributed by atoms with Crippen molar-refractivity contribution in [1.29, 1.82) is 0 Å². The van der Waals surface area contributed by atoms with Gasteiger partial charge < -0.3 is 11.1 Å². The molecule has 2 aromatic carbocycles. The number of benzene rings is 2. The lowest BCUT2D eigenvalue weighted by Gasteiger charge is -2.02. The number of anilines is 3. The minimum Gasteiger partial charge on any atom is -0.382 e. The maximum atomic E-state index is 12.5. The van der Waals surface area contributed by atoms with Crippen LogP contribution in [0.15, 0.2) is 48.5 Å². The molecule has 0 bridgehead atoms. The summed E-state index contributed by atoms with van der Waals surface area (Å²) in [6.07, 6.45) is 0. The maximum absolute atomic E-state index is 12.5. The summed E-state index contributed by atoms with van der Waals surface area (Å²) < 4.78 is 0. The Balaban J connectivity index is 1.86. The van der Waals surface area contributed by atoms with Crippen LogP contribution in [0.2, 0.25) is 5.02 Å². The van der Waals surface area contributed by atoms with E-state index in [0.29, 0.717) is 20.6 Å². The molecule has 116 valence electrons. The summed E-state index contributed by atoms with van der Waals surface area (Å²) >= 11 is 7.18. The molecule has 0 aliphatic heterocycles. The van der Waals surface area contributed by atoms with Crippen LogP contribution in [0.4, 0.5) is 16.6 Å². The minimum atomic E-state index is -0.126. The largest absolute Gasteiger partial charge is 0.382 e. The topological polar surface area (TPSA) is 68.0 Å². The lowest BCUT2D eigenvalue weighted by atomic mass is 10.1. The smallest absolute Gasteiger partial charge is 0.206 e. The Bertz CT molecular complexity index is 859. The van der Waals surface area contributed by atoms with Gasteiger partial charge in [-0.2, -0.15) is 0 Å². The number of carbonyl (C=O) groups excluding carboxylic acids is 1. The van der Waals surface area contributed by atoms with Crippen molar-refractivity contribution >= 4 is 45.4 Å². The third-order valence-electron chi connectivity index (χ3n) is 3.25. The lowest BCUT2D eigenvalue weighted by Crippen LogP contribution is -2.02. The second-order valence-corrected chi connectivity index (χ2v) is 6.50. The van der Waals surface area contributed by atoms with Crippen LogP contribution in [-0.2, 0) is 0 Å². The van der Waals surface area contributed by atoms with Gasteiger partial charge in [-0.15, -0.1) is 0 Å². The number of thiazole rings is 1. The van der Waals surface area contributed by atoms with Crippen LogP contribution in [0.1, 0.15) is 20.8 Å². The average molecular weight is 344 g/mol. The van der Waals surface area contributed by atoms with Crippen LogP contribution in [0, 0.1) is 6.92 Å². The van der Waals surface area contributed by atoms with Gasteiger partial charge in [-0.05, 0) is 25.1 Å². The molecule has 0 saturated heterocycles. The Morgan fingerprint density at radius 2 is 1.96 bits per heavy atom. The molecule has 0 amide bonds. The SMILES string of the molecule is Cc1ccc(C(=O)c2sc(Nc3cccc(Cl)c3)nc2N)cc1. The maximum Gasteiger partial charge on any atom is 0.206 e. The Morgan fingerprint density at radius 1 is 1.22 bits per heavy atom. The van der Waals surface area contributed by atoms with E-state index in [0.717, 1.165) is 11.3 Å². The molecule has 0 aliphatic carbocycles. The molecule has 0 saturated carbocycles. The minimum absolute atomic E-state index is 0.126. The predicted octanol–water partition coefficient (Wildman–Crippen LogP) is 4.66. The predicted molar refractivity (Wildman–Crippen MR) is 95.9 cm³/mol. The molecule has 3 N–H and O–H groups in total. The van der Waals surface area contributed by atoms with E-state index in [1.54, 1.807) is 24.3 Å². The number of nitrogens with one attached hydrogen (secondary N) is 1. The van der Waals surface area contributed by atoms with E-state index in [1.807, 2.05) is 31.2 Å². The van der Waals surface area contributed by atoms with Gasteiger partial charge in [-0.25, -0.2) is 4.98 Å². The molecule has 0 fully saturated rings. The summed E-state index contributed by atoms with van der Waals surface area (Å²) in [5.41, 5.74) is 8.39. The molecule has 0 atom stereocenters. The summed E-state index contributed by atoms with van der Waals surface area (Å²) in [5, 5.41) is 4.29. The summed E-state index contributed by atoms with van der Waals surface area (Å²) in [6.45, 7) is 1.97. The van der Waals surface area contributed by atoms with Gasteiger partial charge in [0.15, 0.2) is 5.13 Å². The number of hydrogen-bond donors (Lipinski definition) is 2. The monoisotopic (exact) mass is 343 g/mol. The number of halogens is 1. The zero-order valence-corrected chi connectivity index (χ0v) is 13.9. The van der Waals surface area contributed by atoms with Crippen molar-refractivity contribution in [2.24, 2.45) is 0 Å². The van der Waals surface area contributed by atoms with Gasteiger partial charge in [0.05, 0.1) is 0 Å². The normalized spacial score (nSPS) is 10.5. The van der Waals surface area contributed by atoms with E-state index in [-0.39, 0.29) is 11.6 Å². The molecule has 0 aliphatic rings. The Labute approximate surface area is 142 Å². The highest BCUT2D eigenvalue weighted by Gasteiger charge is 2.18. The standard InChI is InChI=1S/C17H14ClN3OS/c1-10-5-7-11(8-6-10)14(22)15-16(19)21-17(23-15)20-13-4-2-3-12(18)9-13/h2-9H,19H2,1H3,(H,20,21). The quantitative estimate of drug-likeness (QED) is 0.676. The third kappa shape index (κ3) is 3.52. The van der Waals surface area contributed by atoms with Crippen molar-refractivity contribution in [2.75, 3.05) is 11.1 Å². The van der Waals surface area contributed by atoms with Gasteiger partial charge in [0, 0.05) is 16.3 Å². The van der Waals surface area contributed by atoms with E-state index >= 15 is 0 Å². The Hall–Kier alpha value is -2.37. The first kappa shape index (κ1) is 15.5. The van der Waals surface area contributed by atoms with Crippen molar-refractivity contribution in [3.05, 3.63) is 69.6 Å². The molecule has 23 heavy (non-hydrogen) atoms. The van der Waals surface area contributed by atoms with E-state index in [2.05, 4.69) is 10.3 Å². The van der Waals surface area contributed by atoms with Crippen molar-refractivity contribution in [3.8, 4) is 0 Å². The van der Waals surface area contributed by atoms with Crippen molar-refractivity contribution in [3.63, 3.8) is 0 Å². The first-order valence-electron chi connectivity index (χ1n) is 6.93. The molecule has 4 nitrogen and oxygen atoms in total. The fraction of sp³-hybridized carbons (Fsp3) is 0.0588. The fourth-order valence-electron chi connectivity index (χ4n) is 2.07. The number of rotatable bonds is 4. The van der Waals surface area contributed by atoms with Crippen LogP contribution in [0.5, 0.6) is 0 Å². The highest BCUT2D eigenvalue weighted by Crippen LogP contribution is 2.30. The Morgan fingerprint density at radius 3 is 2.65 bits per heavy atom.